The van der Waals surface area contributed by atoms with Gasteiger partial charge in [-0.3, -0.25) is 0 Å². The Morgan fingerprint density at radius 2 is 1.93 bits per heavy atom. The Bertz CT molecular complexity index is 307. The highest BCUT2D eigenvalue weighted by Crippen LogP contribution is 2.31. The number of benzene rings is 1. The molecule has 1 N–H and O–H groups in total. The number of aliphatic hydroxyl groups excluding tert-OH is 1. The lowest BCUT2D eigenvalue weighted by molar-refractivity contribution is 0.282. The fourth-order valence-corrected chi connectivity index (χ4v) is 1.93. The van der Waals surface area contributed by atoms with Crippen LogP contribution in [0, 0.1) is 6.92 Å². The minimum atomic E-state index is -0.138. The van der Waals surface area contributed by atoms with E-state index in [1.54, 1.807) is 0 Å². The Hall–Kier alpha value is -0.530. The Labute approximate surface area is 90.7 Å². The highest BCUT2D eigenvalue weighted by Gasteiger charge is 2.13. The van der Waals surface area contributed by atoms with Crippen molar-refractivity contribution in [3.63, 3.8) is 0 Å². The predicted molar refractivity (Wildman–Crippen MR) is 60.7 cm³/mol. The van der Waals surface area contributed by atoms with Crippen LogP contribution in [0.1, 0.15) is 36.8 Å². The Morgan fingerprint density at radius 1 is 1.36 bits per heavy atom. The van der Waals surface area contributed by atoms with Gasteiger partial charge in [0.1, 0.15) is 0 Å². The summed E-state index contributed by atoms with van der Waals surface area (Å²) in [4.78, 5) is 0. The smallest absolute Gasteiger partial charge is 0.0500 e. The van der Waals surface area contributed by atoms with Crippen molar-refractivity contribution in [1.82, 2.24) is 0 Å². The van der Waals surface area contributed by atoms with Crippen LogP contribution in [0.2, 0.25) is 5.02 Å². The molecule has 1 aromatic carbocycles. The third kappa shape index (κ3) is 2.28. The minimum Gasteiger partial charge on any atom is -0.396 e. The quantitative estimate of drug-likeness (QED) is 0.813. The molecule has 0 amide bonds. The molecule has 14 heavy (non-hydrogen) atoms. The fraction of sp³-hybridized carbons (Fsp3) is 0.417. The van der Waals surface area contributed by atoms with Gasteiger partial charge in [0, 0.05) is 17.5 Å². The topological polar surface area (TPSA) is 20.2 Å². The van der Waals surface area contributed by atoms with Crippen molar-refractivity contribution in [3.8, 4) is 0 Å². The van der Waals surface area contributed by atoms with Gasteiger partial charge in [-0.15, -0.1) is 0 Å². The SMILES string of the molecule is [CH2]C(CO)c1cccc(C(C)C)c1Cl. The maximum absolute atomic E-state index is 9.02. The van der Waals surface area contributed by atoms with Crippen molar-refractivity contribution in [1.29, 1.82) is 0 Å². The first-order valence-corrected chi connectivity index (χ1v) is 5.18. The summed E-state index contributed by atoms with van der Waals surface area (Å²) in [5.41, 5.74) is 2.05. The van der Waals surface area contributed by atoms with Crippen LogP contribution in [-0.4, -0.2) is 11.7 Å². The molecule has 1 atom stereocenters. The molecule has 0 bridgehead atoms. The first-order chi connectivity index (χ1) is 6.57. The number of hydrogen-bond acceptors (Lipinski definition) is 1. The normalized spacial score (nSPS) is 13.3. The first-order valence-electron chi connectivity index (χ1n) is 4.80. The van der Waals surface area contributed by atoms with E-state index >= 15 is 0 Å². The van der Waals surface area contributed by atoms with Gasteiger partial charge >= 0.3 is 0 Å². The van der Waals surface area contributed by atoms with Crippen LogP contribution in [-0.2, 0) is 0 Å². The van der Waals surface area contributed by atoms with Gasteiger partial charge in [0.2, 0.25) is 0 Å². The highest BCUT2D eigenvalue weighted by atomic mass is 35.5. The molecule has 0 aromatic heterocycles. The van der Waals surface area contributed by atoms with Gasteiger partial charge in [-0.1, -0.05) is 43.6 Å². The van der Waals surface area contributed by atoms with Crippen molar-refractivity contribution < 1.29 is 5.11 Å². The van der Waals surface area contributed by atoms with E-state index < -0.39 is 0 Å². The molecule has 1 nitrogen and oxygen atoms in total. The summed E-state index contributed by atoms with van der Waals surface area (Å²) in [6.07, 6.45) is 0. The molecular formula is C12H16ClO. The summed E-state index contributed by atoms with van der Waals surface area (Å²) in [7, 11) is 0. The average Bonchev–Trinajstić information content (AvgIpc) is 2.16. The molecule has 0 saturated carbocycles. The van der Waals surface area contributed by atoms with Crippen molar-refractivity contribution >= 4 is 11.6 Å². The molecule has 0 spiro atoms. The first kappa shape index (κ1) is 11.5. The van der Waals surface area contributed by atoms with E-state index in [9.17, 15) is 0 Å². The third-order valence-electron chi connectivity index (χ3n) is 2.34. The maximum Gasteiger partial charge on any atom is 0.0500 e. The Kier molecular flexibility index (Phi) is 3.97. The molecule has 0 aliphatic rings. The molecule has 1 radical (unpaired) electrons. The van der Waals surface area contributed by atoms with Gasteiger partial charge in [-0.05, 0) is 24.0 Å². The molecule has 1 rings (SSSR count). The van der Waals surface area contributed by atoms with Crippen LogP contribution < -0.4 is 0 Å². The zero-order valence-corrected chi connectivity index (χ0v) is 9.38. The summed E-state index contributed by atoms with van der Waals surface area (Å²) in [5.74, 6) is 0.259. The summed E-state index contributed by atoms with van der Waals surface area (Å²) in [6, 6.07) is 5.90. The van der Waals surface area contributed by atoms with Gasteiger partial charge < -0.3 is 5.11 Å². The van der Waals surface area contributed by atoms with Crippen molar-refractivity contribution in [2.24, 2.45) is 0 Å². The van der Waals surface area contributed by atoms with E-state index in [1.807, 2.05) is 18.2 Å². The summed E-state index contributed by atoms with van der Waals surface area (Å²) >= 11 is 6.23. The highest BCUT2D eigenvalue weighted by molar-refractivity contribution is 6.32. The van der Waals surface area contributed by atoms with E-state index in [2.05, 4.69) is 20.8 Å². The van der Waals surface area contributed by atoms with Crippen molar-refractivity contribution in [2.75, 3.05) is 6.61 Å². The zero-order valence-electron chi connectivity index (χ0n) is 8.63. The average molecular weight is 212 g/mol. The Morgan fingerprint density at radius 3 is 2.43 bits per heavy atom. The number of rotatable bonds is 3. The molecular weight excluding hydrogens is 196 g/mol. The third-order valence-corrected chi connectivity index (χ3v) is 2.78. The van der Waals surface area contributed by atoms with E-state index in [-0.39, 0.29) is 12.5 Å². The molecule has 0 saturated heterocycles. The molecule has 0 aliphatic carbocycles. The maximum atomic E-state index is 9.02. The minimum absolute atomic E-state index is 0.0290. The Balaban J connectivity index is 3.13. The van der Waals surface area contributed by atoms with Gasteiger partial charge in [-0.25, -0.2) is 0 Å². The molecule has 0 fully saturated rings. The standard InChI is InChI=1S/C12H16ClO/c1-8(2)10-5-4-6-11(12(10)13)9(3)7-14/h4-6,8-9,14H,3,7H2,1-2H3. The zero-order chi connectivity index (χ0) is 10.7. The summed E-state index contributed by atoms with van der Waals surface area (Å²) in [5, 5.41) is 9.77. The fourth-order valence-electron chi connectivity index (χ4n) is 1.43. The van der Waals surface area contributed by atoms with Gasteiger partial charge in [-0.2, -0.15) is 0 Å². The van der Waals surface area contributed by atoms with Gasteiger partial charge in [0.15, 0.2) is 0 Å². The monoisotopic (exact) mass is 211 g/mol. The van der Waals surface area contributed by atoms with Crippen LogP contribution in [0.4, 0.5) is 0 Å². The number of aliphatic hydroxyl groups is 1. The van der Waals surface area contributed by atoms with Crippen molar-refractivity contribution in [3.05, 3.63) is 41.3 Å². The predicted octanol–water partition coefficient (Wildman–Crippen LogP) is 3.37. The lowest BCUT2D eigenvalue weighted by Crippen LogP contribution is -2.02. The second-order valence-corrected chi connectivity index (χ2v) is 4.16. The molecule has 0 heterocycles. The lowest BCUT2D eigenvalue weighted by atomic mass is 9.95. The van der Waals surface area contributed by atoms with Crippen LogP contribution in [0.3, 0.4) is 0 Å². The second kappa shape index (κ2) is 4.81. The lowest BCUT2D eigenvalue weighted by Gasteiger charge is -2.15. The molecule has 0 aliphatic heterocycles. The van der Waals surface area contributed by atoms with E-state index in [0.29, 0.717) is 5.92 Å². The van der Waals surface area contributed by atoms with E-state index in [4.69, 9.17) is 16.7 Å². The van der Waals surface area contributed by atoms with Crippen LogP contribution in [0.5, 0.6) is 0 Å². The number of halogens is 1. The largest absolute Gasteiger partial charge is 0.396 e. The number of hydrogen-bond donors (Lipinski definition) is 1. The molecule has 1 aromatic rings. The van der Waals surface area contributed by atoms with Crippen LogP contribution in [0.15, 0.2) is 18.2 Å². The van der Waals surface area contributed by atoms with Crippen LogP contribution >= 0.6 is 11.6 Å². The van der Waals surface area contributed by atoms with Crippen molar-refractivity contribution in [2.45, 2.75) is 25.7 Å². The van der Waals surface area contributed by atoms with E-state index in [0.717, 1.165) is 16.1 Å². The van der Waals surface area contributed by atoms with Gasteiger partial charge in [0.05, 0.1) is 0 Å². The molecule has 77 valence electrons. The molecule has 1 unspecified atom stereocenters. The van der Waals surface area contributed by atoms with Crippen LogP contribution in [0.25, 0.3) is 0 Å². The molecule has 2 heteroatoms. The van der Waals surface area contributed by atoms with E-state index in [1.165, 1.54) is 0 Å². The summed E-state index contributed by atoms with van der Waals surface area (Å²) in [6.45, 7) is 8.08. The van der Waals surface area contributed by atoms with Gasteiger partial charge in [0.25, 0.3) is 0 Å². The summed E-state index contributed by atoms with van der Waals surface area (Å²) < 4.78 is 0. The second-order valence-electron chi connectivity index (χ2n) is 3.78.